The molecule has 98 valence electrons. The van der Waals surface area contributed by atoms with E-state index in [1.807, 2.05) is 19.1 Å². The fourth-order valence-electron chi connectivity index (χ4n) is 1.58. The zero-order chi connectivity index (χ0) is 14.0. The van der Waals surface area contributed by atoms with Crippen molar-refractivity contribution in [3.8, 4) is 0 Å². The van der Waals surface area contributed by atoms with Crippen molar-refractivity contribution >= 4 is 39.1 Å². The second-order valence-electron chi connectivity index (χ2n) is 4.07. The minimum absolute atomic E-state index is 0.0227. The Bertz CT molecular complexity index is 645. The molecule has 0 radical (unpaired) electrons. The van der Waals surface area contributed by atoms with E-state index in [2.05, 4.69) is 21.2 Å². The van der Waals surface area contributed by atoms with Crippen molar-refractivity contribution in [1.29, 1.82) is 0 Å². The molecule has 0 aliphatic carbocycles. The molecule has 0 spiro atoms. The Labute approximate surface area is 123 Å². The smallest absolute Gasteiger partial charge is 0.256 e. The van der Waals surface area contributed by atoms with E-state index in [0.29, 0.717) is 15.7 Å². The average Bonchev–Trinajstić information content (AvgIpc) is 2.33. The molecule has 2 rings (SSSR count). The van der Waals surface area contributed by atoms with Crippen LogP contribution >= 0.6 is 27.5 Å². The number of anilines is 1. The molecule has 2 aromatic carbocycles. The van der Waals surface area contributed by atoms with Crippen molar-refractivity contribution in [2.45, 2.75) is 6.92 Å². The van der Waals surface area contributed by atoms with Crippen molar-refractivity contribution in [2.24, 2.45) is 0 Å². The fourth-order valence-corrected chi connectivity index (χ4v) is 2.37. The first-order chi connectivity index (χ1) is 8.97. The summed E-state index contributed by atoms with van der Waals surface area (Å²) in [4.78, 5) is 12.0. The van der Waals surface area contributed by atoms with Crippen LogP contribution in [0, 0.1) is 12.7 Å². The van der Waals surface area contributed by atoms with Crippen LogP contribution in [-0.4, -0.2) is 5.91 Å². The van der Waals surface area contributed by atoms with Crippen LogP contribution in [0.15, 0.2) is 40.9 Å². The molecule has 0 fully saturated rings. The van der Waals surface area contributed by atoms with Gasteiger partial charge in [0.05, 0.1) is 10.6 Å². The summed E-state index contributed by atoms with van der Waals surface area (Å²) in [6, 6.07) is 9.52. The zero-order valence-corrected chi connectivity index (χ0v) is 12.3. The van der Waals surface area contributed by atoms with E-state index in [0.717, 1.165) is 5.56 Å². The van der Waals surface area contributed by atoms with Crippen LogP contribution in [-0.2, 0) is 0 Å². The quantitative estimate of drug-likeness (QED) is 0.834. The van der Waals surface area contributed by atoms with Crippen molar-refractivity contribution in [3.05, 3.63) is 62.8 Å². The van der Waals surface area contributed by atoms with Crippen LogP contribution in [0.5, 0.6) is 0 Å². The van der Waals surface area contributed by atoms with Crippen LogP contribution in [0.25, 0.3) is 0 Å². The molecule has 0 unspecified atom stereocenters. The summed E-state index contributed by atoms with van der Waals surface area (Å²) >= 11 is 8.91. The molecule has 0 heterocycles. The van der Waals surface area contributed by atoms with Gasteiger partial charge in [0.1, 0.15) is 5.82 Å². The van der Waals surface area contributed by atoms with Gasteiger partial charge in [-0.2, -0.15) is 0 Å². The first-order valence-electron chi connectivity index (χ1n) is 5.50. The number of aryl methyl sites for hydroxylation is 1. The lowest BCUT2D eigenvalue weighted by Crippen LogP contribution is -2.12. The highest BCUT2D eigenvalue weighted by Gasteiger charge is 2.11. The van der Waals surface area contributed by atoms with Gasteiger partial charge in [-0.25, -0.2) is 4.39 Å². The predicted molar refractivity (Wildman–Crippen MR) is 78.2 cm³/mol. The lowest BCUT2D eigenvalue weighted by Gasteiger charge is -2.08. The molecule has 0 aromatic heterocycles. The van der Waals surface area contributed by atoms with E-state index in [9.17, 15) is 9.18 Å². The minimum Gasteiger partial charge on any atom is -0.322 e. The first-order valence-corrected chi connectivity index (χ1v) is 6.67. The van der Waals surface area contributed by atoms with Gasteiger partial charge in [0.15, 0.2) is 0 Å². The summed E-state index contributed by atoms with van der Waals surface area (Å²) in [6.07, 6.45) is 0. The maximum absolute atomic E-state index is 13.3. The van der Waals surface area contributed by atoms with E-state index in [1.54, 1.807) is 12.1 Å². The Balaban J connectivity index is 2.23. The number of nitrogens with one attached hydrogen (secondary N) is 1. The van der Waals surface area contributed by atoms with Gasteiger partial charge in [0, 0.05) is 10.2 Å². The minimum atomic E-state index is -0.567. The molecule has 0 bridgehead atoms. The Hall–Kier alpha value is -1.39. The van der Waals surface area contributed by atoms with Crippen molar-refractivity contribution in [2.75, 3.05) is 5.32 Å². The Morgan fingerprint density at radius 1 is 1.26 bits per heavy atom. The molecule has 5 heteroatoms. The second-order valence-corrected chi connectivity index (χ2v) is 5.33. The number of benzene rings is 2. The maximum Gasteiger partial charge on any atom is 0.256 e. The molecular weight excluding hydrogens is 333 g/mol. The molecule has 0 saturated heterocycles. The molecular formula is C14H10BrClFNO. The highest BCUT2D eigenvalue weighted by atomic mass is 79.9. The molecule has 1 amide bonds. The van der Waals surface area contributed by atoms with Crippen LogP contribution in [0.4, 0.5) is 10.1 Å². The summed E-state index contributed by atoms with van der Waals surface area (Å²) in [5.41, 5.74) is 1.89. The topological polar surface area (TPSA) is 29.1 Å². The third kappa shape index (κ3) is 3.33. The van der Waals surface area contributed by atoms with Gasteiger partial charge in [-0.05, 0) is 58.7 Å². The third-order valence-electron chi connectivity index (χ3n) is 2.55. The lowest BCUT2D eigenvalue weighted by atomic mass is 10.1. The predicted octanol–water partition coefficient (Wildman–Crippen LogP) is 4.80. The molecule has 2 aromatic rings. The summed E-state index contributed by atoms with van der Waals surface area (Å²) in [5, 5.41) is 2.64. The van der Waals surface area contributed by atoms with Crippen LogP contribution in [0.3, 0.4) is 0 Å². The monoisotopic (exact) mass is 341 g/mol. The van der Waals surface area contributed by atoms with E-state index >= 15 is 0 Å². The fraction of sp³-hybridized carbons (Fsp3) is 0.0714. The number of hydrogen-bond donors (Lipinski definition) is 1. The normalized spacial score (nSPS) is 10.3. The van der Waals surface area contributed by atoms with Gasteiger partial charge in [-0.1, -0.05) is 17.7 Å². The average molecular weight is 343 g/mol. The van der Waals surface area contributed by atoms with Gasteiger partial charge in [0.2, 0.25) is 0 Å². The molecule has 19 heavy (non-hydrogen) atoms. The third-order valence-corrected chi connectivity index (χ3v) is 3.51. The molecule has 0 saturated carbocycles. The molecule has 2 nitrogen and oxygen atoms in total. The zero-order valence-electron chi connectivity index (χ0n) is 10.0. The van der Waals surface area contributed by atoms with Crippen LogP contribution < -0.4 is 5.32 Å². The van der Waals surface area contributed by atoms with Gasteiger partial charge in [-0.15, -0.1) is 0 Å². The summed E-state index contributed by atoms with van der Waals surface area (Å²) in [5.74, 6) is -0.879. The van der Waals surface area contributed by atoms with E-state index in [-0.39, 0.29) is 10.9 Å². The van der Waals surface area contributed by atoms with E-state index in [1.165, 1.54) is 12.1 Å². The van der Waals surface area contributed by atoms with Gasteiger partial charge >= 0.3 is 0 Å². The number of amides is 1. The molecule has 1 N–H and O–H groups in total. The highest BCUT2D eigenvalue weighted by molar-refractivity contribution is 9.10. The van der Waals surface area contributed by atoms with Crippen molar-refractivity contribution in [1.82, 2.24) is 0 Å². The number of carbonyl (C=O) groups excluding carboxylic acids is 1. The summed E-state index contributed by atoms with van der Waals surface area (Å²) in [6.45, 7) is 1.93. The SMILES string of the molecule is Cc1ccc(C(=O)Nc2ccc(Cl)c(F)c2)c(Br)c1. The largest absolute Gasteiger partial charge is 0.322 e. The van der Waals surface area contributed by atoms with E-state index < -0.39 is 5.82 Å². The maximum atomic E-state index is 13.3. The van der Waals surface area contributed by atoms with Crippen molar-refractivity contribution in [3.63, 3.8) is 0 Å². The Morgan fingerprint density at radius 2 is 2.00 bits per heavy atom. The molecule has 0 aliphatic heterocycles. The number of halogens is 3. The molecule has 0 atom stereocenters. The summed E-state index contributed by atoms with van der Waals surface area (Å²) in [7, 11) is 0. The lowest BCUT2D eigenvalue weighted by molar-refractivity contribution is 0.102. The summed E-state index contributed by atoms with van der Waals surface area (Å²) < 4.78 is 14.0. The first kappa shape index (κ1) is 14.0. The number of rotatable bonds is 2. The number of carbonyl (C=O) groups is 1. The second kappa shape index (κ2) is 5.72. The van der Waals surface area contributed by atoms with Gasteiger partial charge < -0.3 is 5.32 Å². The highest BCUT2D eigenvalue weighted by Crippen LogP contribution is 2.22. The van der Waals surface area contributed by atoms with E-state index in [4.69, 9.17) is 11.6 Å². The number of hydrogen-bond acceptors (Lipinski definition) is 1. The standard InChI is InChI=1S/C14H10BrClFNO/c1-8-2-4-10(11(15)6-8)14(19)18-9-3-5-12(16)13(17)7-9/h2-7H,1H3,(H,18,19). The van der Waals surface area contributed by atoms with Gasteiger partial charge in [0.25, 0.3) is 5.91 Å². The Morgan fingerprint density at radius 3 is 2.63 bits per heavy atom. The molecule has 0 aliphatic rings. The Kier molecular flexibility index (Phi) is 4.22. The van der Waals surface area contributed by atoms with Crippen LogP contribution in [0.2, 0.25) is 5.02 Å². The van der Waals surface area contributed by atoms with Gasteiger partial charge in [-0.3, -0.25) is 4.79 Å². The van der Waals surface area contributed by atoms with Crippen molar-refractivity contribution < 1.29 is 9.18 Å². The van der Waals surface area contributed by atoms with Crippen LogP contribution in [0.1, 0.15) is 15.9 Å².